The number of rotatable bonds is 7. The van der Waals surface area contributed by atoms with Crippen molar-refractivity contribution in [1.29, 1.82) is 0 Å². The van der Waals surface area contributed by atoms with Crippen molar-refractivity contribution < 1.29 is 14.4 Å². The molecule has 0 atom stereocenters. The van der Waals surface area contributed by atoms with E-state index < -0.39 is 10.6 Å². The molecule has 17 heavy (non-hydrogen) atoms. The van der Waals surface area contributed by atoms with Crippen LogP contribution in [0.25, 0.3) is 0 Å². The molecule has 0 spiro atoms. The largest absolute Gasteiger partial charge is 0.470 e. The van der Waals surface area contributed by atoms with Gasteiger partial charge in [0, 0.05) is 6.61 Å². The fraction of sp³-hybridized carbons (Fsp3) is 0.500. The van der Waals surface area contributed by atoms with E-state index in [1.165, 1.54) is 0 Å². The number of nitrogens with two attached hydrogens (primary N) is 1. The predicted molar refractivity (Wildman–Crippen MR) is 58.5 cm³/mol. The summed E-state index contributed by atoms with van der Waals surface area (Å²) in [5.41, 5.74) is 1.72. The Morgan fingerprint density at radius 3 is 2.88 bits per heavy atom. The lowest BCUT2D eigenvalue weighted by Gasteiger charge is -2.07. The second-order valence-corrected chi connectivity index (χ2v) is 2.82. The lowest BCUT2D eigenvalue weighted by Crippen LogP contribution is -2.14. The quantitative estimate of drug-likeness (QED) is 0.298. The van der Waals surface area contributed by atoms with Crippen LogP contribution in [0.15, 0.2) is 6.33 Å². The van der Waals surface area contributed by atoms with Crippen LogP contribution < -0.4 is 16.0 Å². The summed E-state index contributed by atoms with van der Waals surface area (Å²) in [6.07, 6.45) is 1.12. The topological polar surface area (TPSA) is 125 Å². The Labute approximate surface area is 97.1 Å². The number of nitro groups is 1. The van der Waals surface area contributed by atoms with Gasteiger partial charge in [-0.05, 0) is 6.92 Å². The Hall–Kier alpha value is -2.00. The minimum atomic E-state index is -0.662. The molecule has 0 fully saturated rings. The van der Waals surface area contributed by atoms with Crippen LogP contribution in [0.1, 0.15) is 6.92 Å². The molecule has 0 unspecified atom stereocenters. The number of aromatic nitrogens is 2. The molecule has 1 aromatic rings. The monoisotopic (exact) mass is 243 g/mol. The molecule has 1 aromatic heterocycles. The summed E-state index contributed by atoms with van der Waals surface area (Å²) in [6.45, 7) is 2.87. The van der Waals surface area contributed by atoms with Gasteiger partial charge >= 0.3 is 5.69 Å². The minimum Gasteiger partial charge on any atom is -0.470 e. The number of ether oxygens (including phenoxy) is 2. The van der Waals surface area contributed by atoms with E-state index in [1.54, 1.807) is 0 Å². The smallest absolute Gasteiger partial charge is 0.374 e. The summed E-state index contributed by atoms with van der Waals surface area (Å²) in [6, 6.07) is 0. The first kappa shape index (κ1) is 13.1. The second kappa shape index (κ2) is 6.55. The van der Waals surface area contributed by atoms with E-state index in [1.807, 2.05) is 6.92 Å². The highest BCUT2D eigenvalue weighted by atomic mass is 16.6. The minimum absolute atomic E-state index is 0.101. The fourth-order valence-electron chi connectivity index (χ4n) is 1.08. The Kier molecular flexibility index (Phi) is 5.04. The zero-order valence-electron chi connectivity index (χ0n) is 9.25. The van der Waals surface area contributed by atoms with Crippen LogP contribution in [0.4, 0.5) is 11.5 Å². The average molecular weight is 243 g/mol. The zero-order chi connectivity index (χ0) is 12.7. The molecule has 0 aromatic carbocycles. The van der Waals surface area contributed by atoms with Crippen molar-refractivity contribution in [2.45, 2.75) is 6.92 Å². The number of nitrogens with one attached hydrogen (secondary N) is 1. The van der Waals surface area contributed by atoms with Gasteiger partial charge in [-0.1, -0.05) is 0 Å². The van der Waals surface area contributed by atoms with E-state index in [2.05, 4.69) is 15.4 Å². The summed E-state index contributed by atoms with van der Waals surface area (Å²) < 4.78 is 10.2. The molecule has 1 heterocycles. The first-order chi connectivity index (χ1) is 8.20. The highest BCUT2D eigenvalue weighted by Gasteiger charge is 2.23. The average Bonchev–Trinajstić information content (AvgIpc) is 2.33. The molecule has 0 amide bonds. The van der Waals surface area contributed by atoms with Gasteiger partial charge in [-0.25, -0.2) is 10.8 Å². The van der Waals surface area contributed by atoms with E-state index in [4.69, 9.17) is 15.3 Å². The van der Waals surface area contributed by atoms with E-state index in [-0.39, 0.29) is 18.3 Å². The Balaban J connectivity index is 2.79. The van der Waals surface area contributed by atoms with E-state index in [9.17, 15) is 10.1 Å². The summed E-state index contributed by atoms with van der Waals surface area (Å²) in [7, 11) is 0. The first-order valence-corrected chi connectivity index (χ1v) is 4.87. The van der Waals surface area contributed by atoms with Gasteiger partial charge in [-0.2, -0.15) is 4.98 Å². The molecular weight excluding hydrogens is 230 g/mol. The van der Waals surface area contributed by atoms with Gasteiger partial charge in [0.05, 0.1) is 11.5 Å². The SMILES string of the molecule is CCOCCOc1ncnc(NN)c1[N+](=O)[O-]. The number of nitrogen functional groups attached to an aromatic ring is 1. The maximum absolute atomic E-state index is 10.8. The van der Waals surface area contributed by atoms with E-state index in [0.717, 1.165) is 6.33 Å². The molecule has 9 heteroatoms. The van der Waals surface area contributed by atoms with E-state index in [0.29, 0.717) is 13.2 Å². The van der Waals surface area contributed by atoms with Crippen molar-refractivity contribution in [1.82, 2.24) is 9.97 Å². The van der Waals surface area contributed by atoms with Crippen LogP contribution in [-0.2, 0) is 4.74 Å². The maximum Gasteiger partial charge on any atom is 0.374 e. The third-order valence-electron chi connectivity index (χ3n) is 1.78. The lowest BCUT2D eigenvalue weighted by atomic mass is 10.4. The van der Waals surface area contributed by atoms with Crippen molar-refractivity contribution in [3.05, 3.63) is 16.4 Å². The van der Waals surface area contributed by atoms with Crippen molar-refractivity contribution >= 4 is 11.5 Å². The Morgan fingerprint density at radius 1 is 1.53 bits per heavy atom. The lowest BCUT2D eigenvalue weighted by molar-refractivity contribution is -0.385. The maximum atomic E-state index is 10.8. The molecule has 0 aliphatic rings. The molecule has 3 N–H and O–H groups in total. The Bertz CT molecular complexity index is 386. The van der Waals surface area contributed by atoms with Crippen molar-refractivity contribution in [3.63, 3.8) is 0 Å². The molecule has 0 radical (unpaired) electrons. The summed E-state index contributed by atoms with van der Waals surface area (Å²) in [4.78, 5) is 17.5. The van der Waals surface area contributed by atoms with Crippen molar-refractivity contribution in [2.75, 3.05) is 25.2 Å². The summed E-state index contributed by atoms with van der Waals surface area (Å²) in [5, 5.41) is 10.8. The predicted octanol–water partition coefficient (Wildman–Crippen LogP) is 0.0857. The molecule has 0 bridgehead atoms. The standard InChI is InChI=1S/C8H13N5O4/c1-2-16-3-4-17-8-6(13(14)15)7(12-9)10-5-11-8/h5H,2-4,9H2,1H3,(H,10,11,12). The molecule has 0 saturated heterocycles. The van der Waals surface area contributed by atoms with Gasteiger partial charge in [0.1, 0.15) is 12.9 Å². The number of hydrogen-bond acceptors (Lipinski definition) is 8. The van der Waals surface area contributed by atoms with Crippen LogP contribution in [-0.4, -0.2) is 34.7 Å². The zero-order valence-corrected chi connectivity index (χ0v) is 9.25. The van der Waals surface area contributed by atoms with Gasteiger partial charge < -0.3 is 14.9 Å². The number of nitrogens with zero attached hydrogens (tertiary/aromatic N) is 3. The van der Waals surface area contributed by atoms with E-state index >= 15 is 0 Å². The highest BCUT2D eigenvalue weighted by molar-refractivity contribution is 5.60. The number of anilines is 1. The molecule has 0 saturated carbocycles. The van der Waals surface area contributed by atoms with Gasteiger partial charge in [0.2, 0.25) is 5.82 Å². The van der Waals surface area contributed by atoms with Gasteiger partial charge in [-0.15, -0.1) is 0 Å². The first-order valence-electron chi connectivity index (χ1n) is 4.87. The van der Waals surface area contributed by atoms with Crippen LogP contribution in [0.5, 0.6) is 5.88 Å². The number of hydrazine groups is 1. The van der Waals surface area contributed by atoms with Gasteiger partial charge in [-0.3, -0.25) is 10.1 Å². The molecular formula is C8H13N5O4. The second-order valence-electron chi connectivity index (χ2n) is 2.82. The van der Waals surface area contributed by atoms with Crippen LogP contribution in [0.3, 0.4) is 0 Å². The molecule has 0 aliphatic heterocycles. The van der Waals surface area contributed by atoms with Crippen molar-refractivity contribution in [2.24, 2.45) is 5.84 Å². The number of hydrogen-bond donors (Lipinski definition) is 2. The van der Waals surface area contributed by atoms with Crippen LogP contribution in [0.2, 0.25) is 0 Å². The van der Waals surface area contributed by atoms with Crippen LogP contribution in [0, 0.1) is 10.1 Å². The molecule has 0 aliphatic carbocycles. The van der Waals surface area contributed by atoms with Gasteiger partial charge in [0.15, 0.2) is 0 Å². The molecule has 94 valence electrons. The third kappa shape index (κ3) is 3.50. The summed E-state index contributed by atoms with van der Waals surface area (Å²) >= 11 is 0. The summed E-state index contributed by atoms with van der Waals surface area (Å²) in [5.74, 6) is 4.87. The molecule has 1 rings (SSSR count). The fourth-order valence-corrected chi connectivity index (χ4v) is 1.08. The van der Waals surface area contributed by atoms with Gasteiger partial charge in [0.25, 0.3) is 5.88 Å². The van der Waals surface area contributed by atoms with Crippen LogP contribution >= 0.6 is 0 Å². The normalized spacial score (nSPS) is 10.0. The molecule has 9 nitrogen and oxygen atoms in total. The van der Waals surface area contributed by atoms with Crippen molar-refractivity contribution in [3.8, 4) is 5.88 Å². The third-order valence-corrected chi connectivity index (χ3v) is 1.78. The highest BCUT2D eigenvalue weighted by Crippen LogP contribution is 2.29. The Morgan fingerprint density at radius 2 is 2.29 bits per heavy atom.